The van der Waals surface area contributed by atoms with Crippen molar-refractivity contribution < 1.29 is 9.90 Å². The number of carboxylic acid groups (broad SMARTS) is 1. The molecule has 1 heterocycles. The number of hydrogen-bond donors (Lipinski definition) is 1. The maximum absolute atomic E-state index is 10.8. The minimum absolute atomic E-state index is 0.342. The van der Waals surface area contributed by atoms with Crippen LogP contribution in [-0.4, -0.2) is 15.6 Å². The van der Waals surface area contributed by atoms with Gasteiger partial charge in [-0.3, -0.25) is 4.79 Å². The van der Waals surface area contributed by atoms with Gasteiger partial charge in [-0.25, -0.2) is 0 Å². The quantitative estimate of drug-likeness (QED) is 0.858. The number of benzene rings is 1. The number of nitrogens with zero attached hydrogens (tertiary/aromatic N) is 1. The monoisotopic (exact) mass is 217 g/mol. The number of aromatic nitrogens is 1. The van der Waals surface area contributed by atoms with Crippen LogP contribution in [0.2, 0.25) is 0 Å². The molecule has 1 N–H and O–H groups in total. The SMILES string of the molecule is CC(Cc1cccc2c1ccn2C)C(=O)O. The van der Waals surface area contributed by atoms with Gasteiger partial charge in [0.2, 0.25) is 0 Å². The lowest BCUT2D eigenvalue weighted by molar-refractivity contribution is -0.141. The van der Waals surface area contributed by atoms with Crippen molar-refractivity contribution in [1.82, 2.24) is 4.57 Å². The Kier molecular flexibility index (Phi) is 2.69. The Morgan fingerprint density at radius 2 is 2.19 bits per heavy atom. The Hall–Kier alpha value is -1.77. The highest BCUT2D eigenvalue weighted by Crippen LogP contribution is 2.22. The van der Waals surface area contributed by atoms with Crippen molar-refractivity contribution in [3.63, 3.8) is 0 Å². The molecule has 0 spiro atoms. The summed E-state index contributed by atoms with van der Waals surface area (Å²) in [5.41, 5.74) is 2.25. The van der Waals surface area contributed by atoms with Gasteiger partial charge in [0.05, 0.1) is 5.92 Å². The predicted molar refractivity (Wildman–Crippen MR) is 63.4 cm³/mol. The zero-order chi connectivity index (χ0) is 11.7. The highest BCUT2D eigenvalue weighted by Gasteiger charge is 2.13. The number of carboxylic acids is 1. The molecule has 0 saturated heterocycles. The van der Waals surface area contributed by atoms with Crippen molar-refractivity contribution in [2.75, 3.05) is 0 Å². The second-order valence-electron chi connectivity index (χ2n) is 4.22. The summed E-state index contributed by atoms with van der Waals surface area (Å²) in [4.78, 5) is 10.8. The minimum atomic E-state index is -0.743. The Balaban J connectivity index is 2.41. The van der Waals surface area contributed by atoms with Gasteiger partial charge in [-0.1, -0.05) is 19.1 Å². The molecule has 0 aliphatic rings. The molecule has 0 amide bonds. The molecule has 0 bridgehead atoms. The molecule has 1 unspecified atom stereocenters. The van der Waals surface area contributed by atoms with Crippen LogP contribution in [0.1, 0.15) is 12.5 Å². The zero-order valence-electron chi connectivity index (χ0n) is 9.47. The van der Waals surface area contributed by atoms with Crippen molar-refractivity contribution in [2.45, 2.75) is 13.3 Å². The fraction of sp³-hybridized carbons (Fsp3) is 0.308. The van der Waals surface area contributed by atoms with E-state index in [-0.39, 0.29) is 5.92 Å². The molecular formula is C13H15NO2. The summed E-state index contributed by atoms with van der Waals surface area (Å²) in [7, 11) is 1.99. The molecule has 0 aliphatic carbocycles. The van der Waals surface area contributed by atoms with E-state index in [0.29, 0.717) is 6.42 Å². The van der Waals surface area contributed by atoms with Gasteiger partial charge < -0.3 is 9.67 Å². The number of rotatable bonds is 3. The molecule has 3 heteroatoms. The van der Waals surface area contributed by atoms with E-state index in [4.69, 9.17) is 5.11 Å². The van der Waals surface area contributed by atoms with Gasteiger partial charge in [0.15, 0.2) is 0 Å². The van der Waals surface area contributed by atoms with E-state index in [9.17, 15) is 4.79 Å². The lowest BCUT2D eigenvalue weighted by Crippen LogP contribution is -2.12. The number of carbonyl (C=O) groups is 1. The summed E-state index contributed by atoms with van der Waals surface area (Å²) in [6, 6.07) is 8.07. The van der Waals surface area contributed by atoms with Gasteiger partial charge in [0.25, 0.3) is 0 Å². The molecule has 1 atom stereocenters. The van der Waals surface area contributed by atoms with E-state index in [1.807, 2.05) is 42.1 Å². The van der Waals surface area contributed by atoms with Crippen LogP contribution in [0.25, 0.3) is 10.9 Å². The van der Waals surface area contributed by atoms with E-state index >= 15 is 0 Å². The second kappa shape index (κ2) is 4.00. The summed E-state index contributed by atoms with van der Waals surface area (Å²) >= 11 is 0. The maximum Gasteiger partial charge on any atom is 0.306 e. The number of aryl methyl sites for hydroxylation is 1. The summed E-state index contributed by atoms with van der Waals surface area (Å²) in [6.45, 7) is 1.74. The van der Waals surface area contributed by atoms with Gasteiger partial charge in [0, 0.05) is 24.1 Å². The highest BCUT2D eigenvalue weighted by atomic mass is 16.4. The average molecular weight is 217 g/mol. The van der Waals surface area contributed by atoms with E-state index in [1.165, 1.54) is 0 Å². The molecule has 0 saturated carbocycles. The Morgan fingerprint density at radius 1 is 1.44 bits per heavy atom. The largest absolute Gasteiger partial charge is 0.481 e. The summed E-state index contributed by atoms with van der Waals surface area (Å²) in [5, 5.41) is 10.1. The van der Waals surface area contributed by atoms with Crippen LogP contribution in [0.4, 0.5) is 0 Å². The van der Waals surface area contributed by atoms with Crippen LogP contribution in [0.3, 0.4) is 0 Å². The maximum atomic E-state index is 10.8. The molecule has 2 aromatic rings. The first-order chi connectivity index (χ1) is 7.59. The van der Waals surface area contributed by atoms with E-state index < -0.39 is 5.97 Å². The van der Waals surface area contributed by atoms with Crippen LogP contribution < -0.4 is 0 Å². The fourth-order valence-electron chi connectivity index (χ4n) is 1.96. The number of hydrogen-bond acceptors (Lipinski definition) is 1. The molecule has 0 radical (unpaired) electrons. The van der Waals surface area contributed by atoms with Gasteiger partial charge in [-0.05, 0) is 24.1 Å². The second-order valence-corrected chi connectivity index (χ2v) is 4.22. The molecule has 1 aromatic heterocycles. The molecule has 3 nitrogen and oxygen atoms in total. The average Bonchev–Trinajstić information content (AvgIpc) is 2.62. The van der Waals surface area contributed by atoms with Gasteiger partial charge in [-0.15, -0.1) is 0 Å². The van der Waals surface area contributed by atoms with Gasteiger partial charge in [0.1, 0.15) is 0 Å². The first-order valence-corrected chi connectivity index (χ1v) is 5.35. The van der Waals surface area contributed by atoms with Crippen molar-refractivity contribution >= 4 is 16.9 Å². The molecular weight excluding hydrogens is 202 g/mol. The molecule has 84 valence electrons. The van der Waals surface area contributed by atoms with E-state index in [2.05, 4.69) is 0 Å². The first kappa shape index (κ1) is 10.7. The van der Waals surface area contributed by atoms with Crippen molar-refractivity contribution in [1.29, 1.82) is 0 Å². The third kappa shape index (κ3) is 1.81. The van der Waals surface area contributed by atoms with Crippen LogP contribution in [0.5, 0.6) is 0 Å². The lowest BCUT2D eigenvalue weighted by Gasteiger charge is -2.07. The van der Waals surface area contributed by atoms with Crippen LogP contribution >= 0.6 is 0 Å². The standard InChI is InChI=1S/C13H15NO2/c1-9(13(15)16)8-10-4-3-5-12-11(10)6-7-14(12)2/h3-7,9H,8H2,1-2H3,(H,15,16). The predicted octanol–water partition coefficient (Wildman–Crippen LogP) is 2.44. The van der Waals surface area contributed by atoms with Crippen molar-refractivity contribution in [3.8, 4) is 0 Å². The highest BCUT2D eigenvalue weighted by molar-refractivity contribution is 5.84. The molecule has 2 rings (SSSR count). The van der Waals surface area contributed by atoms with E-state index in [0.717, 1.165) is 16.5 Å². The summed E-state index contributed by atoms with van der Waals surface area (Å²) < 4.78 is 2.05. The third-order valence-corrected chi connectivity index (χ3v) is 2.97. The molecule has 16 heavy (non-hydrogen) atoms. The summed E-state index contributed by atoms with van der Waals surface area (Å²) in [6.07, 6.45) is 2.58. The van der Waals surface area contributed by atoms with Gasteiger partial charge in [-0.2, -0.15) is 0 Å². The van der Waals surface area contributed by atoms with Crippen LogP contribution in [0.15, 0.2) is 30.5 Å². The third-order valence-electron chi connectivity index (χ3n) is 2.97. The summed E-state index contributed by atoms with van der Waals surface area (Å²) in [5.74, 6) is -1.08. The lowest BCUT2D eigenvalue weighted by atomic mass is 9.98. The fourth-order valence-corrected chi connectivity index (χ4v) is 1.96. The van der Waals surface area contributed by atoms with Crippen LogP contribution in [-0.2, 0) is 18.3 Å². The van der Waals surface area contributed by atoms with Gasteiger partial charge >= 0.3 is 5.97 Å². The topological polar surface area (TPSA) is 42.2 Å². The number of aliphatic carboxylic acids is 1. The Bertz CT molecular complexity index is 528. The molecule has 1 aromatic carbocycles. The minimum Gasteiger partial charge on any atom is -0.481 e. The Labute approximate surface area is 94.3 Å². The van der Waals surface area contributed by atoms with Crippen molar-refractivity contribution in [2.24, 2.45) is 13.0 Å². The number of fused-ring (bicyclic) bond motifs is 1. The Morgan fingerprint density at radius 3 is 2.88 bits per heavy atom. The van der Waals surface area contributed by atoms with Crippen LogP contribution in [0, 0.1) is 5.92 Å². The van der Waals surface area contributed by atoms with E-state index in [1.54, 1.807) is 6.92 Å². The first-order valence-electron chi connectivity index (χ1n) is 5.35. The zero-order valence-corrected chi connectivity index (χ0v) is 9.47. The molecule has 0 fully saturated rings. The normalized spacial score (nSPS) is 12.9. The molecule has 0 aliphatic heterocycles. The van der Waals surface area contributed by atoms with Crippen molar-refractivity contribution in [3.05, 3.63) is 36.0 Å². The smallest absolute Gasteiger partial charge is 0.306 e.